The molecule has 110 valence electrons. The highest BCUT2D eigenvalue weighted by Crippen LogP contribution is 2.37. The van der Waals surface area contributed by atoms with Crippen LogP contribution in [0.15, 0.2) is 0 Å². The molecule has 0 bridgehead atoms. The summed E-state index contributed by atoms with van der Waals surface area (Å²) in [6, 6.07) is -0.487. The molecule has 0 spiro atoms. The molecule has 1 heterocycles. The lowest BCUT2D eigenvalue weighted by molar-refractivity contribution is -0.146. The SMILES string of the molecule is CC1CCN(CC2CCCC(F)(F)C2)C(C(=O)O)C1. The molecule has 3 atom stereocenters. The Labute approximate surface area is 113 Å². The van der Waals surface area contributed by atoms with Gasteiger partial charge in [-0.1, -0.05) is 6.92 Å². The predicted molar refractivity (Wildman–Crippen MR) is 68.3 cm³/mol. The monoisotopic (exact) mass is 275 g/mol. The summed E-state index contributed by atoms with van der Waals surface area (Å²) in [4.78, 5) is 13.2. The van der Waals surface area contributed by atoms with Gasteiger partial charge < -0.3 is 5.11 Å². The number of rotatable bonds is 3. The minimum Gasteiger partial charge on any atom is -0.480 e. The molecule has 0 aromatic heterocycles. The summed E-state index contributed by atoms with van der Waals surface area (Å²) in [6.45, 7) is 3.29. The number of halogens is 2. The molecule has 0 aromatic carbocycles. The summed E-state index contributed by atoms with van der Waals surface area (Å²) in [7, 11) is 0. The van der Waals surface area contributed by atoms with E-state index >= 15 is 0 Å². The first-order valence-electron chi connectivity index (χ1n) is 7.22. The van der Waals surface area contributed by atoms with E-state index in [2.05, 4.69) is 6.92 Å². The lowest BCUT2D eigenvalue weighted by Crippen LogP contribution is -2.49. The smallest absolute Gasteiger partial charge is 0.320 e. The second kappa shape index (κ2) is 5.73. The molecular weight excluding hydrogens is 252 g/mol. The normalized spacial score (nSPS) is 36.1. The number of hydrogen-bond donors (Lipinski definition) is 1. The summed E-state index contributed by atoms with van der Waals surface area (Å²) >= 11 is 0. The summed E-state index contributed by atoms with van der Waals surface area (Å²) < 4.78 is 26.8. The minimum absolute atomic E-state index is 0.0110. The maximum absolute atomic E-state index is 13.4. The van der Waals surface area contributed by atoms with Crippen LogP contribution in [0.2, 0.25) is 0 Å². The van der Waals surface area contributed by atoms with Crippen molar-refractivity contribution in [1.29, 1.82) is 0 Å². The van der Waals surface area contributed by atoms with Gasteiger partial charge in [0.1, 0.15) is 6.04 Å². The molecule has 1 saturated carbocycles. The third-order valence-corrected chi connectivity index (χ3v) is 4.50. The van der Waals surface area contributed by atoms with E-state index in [0.717, 1.165) is 19.4 Å². The zero-order valence-electron chi connectivity index (χ0n) is 11.4. The molecule has 2 aliphatic rings. The number of aliphatic carboxylic acids is 1. The lowest BCUT2D eigenvalue weighted by atomic mass is 9.84. The Morgan fingerprint density at radius 1 is 1.42 bits per heavy atom. The van der Waals surface area contributed by atoms with Crippen molar-refractivity contribution in [1.82, 2.24) is 4.90 Å². The van der Waals surface area contributed by atoms with E-state index in [9.17, 15) is 18.7 Å². The van der Waals surface area contributed by atoms with Gasteiger partial charge in [0.05, 0.1) is 0 Å². The van der Waals surface area contributed by atoms with Crippen molar-refractivity contribution in [3.63, 3.8) is 0 Å². The van der Waals surface area contributed by atoms with Gasteiger partial charge in [0.15, 0.2) is 0 Å². The number of alkyl halides is 2. The fourth-order valence-corrected chi connectivity index (χ4v) is 3.43. The van der Waals surface area contributed by atoms with Crippen LogP contribution in [-0.4, -0.2) is 41.0 Å². The molecule has 0 aromatic rings. The van der Waals surface area contributed by atoms with Gasteiger partial charge in [-0.2, -0.15) is 0 Å². The van der Waals surface area contributed by atoms with E-state index in [-0.39, 0.29) is 18.8 Å². The Balaban J connectivity index is 1.95. The molecule has 2 fully saturated rings. The van der Waals surface area contributed by atoms with Crippen molar-refractivity contribution in [2.75, 3.05) is 13.1 Å². The van der Waals surface area contributed by atoms with Gasteiger partial charge in [0, 0.05) is 19.4 Å². The molecule has 3 unspecified atom stereocenters. The van der Waals surface area contributed by atoms with Crippen LogP contribution < -0.4 is 0 Å². The largest absolute Gasteiger partial charge is 0.480 e. The summed E-state index contributed by atoms with van der Waals surface area (Å²) in [5.41, 5.74) is 0. The Kier molecular flexibility index (Phi) is 4.43. The van der Waals surface area contributed by atoms with Gasteiger partial charge in [0.2, 0.25) is 5.92 Å². The van der Waals surface area contributed by atoms with Crippen molar-refractivity contribution in [2.24, 2.45) is 11.8 Å². The van der Waals surface area contributed by atoms with Crippen molar-refractivity contribution < 1.29 is 18.7 Å². The molecule has 1 aliphatic heterocycles. The van der Waals surface area contributed by atoms with Gasteiger partial charge >= 0.3 is 5.97 Å². The summed E-state index contributed by atoms with van der Waals surface area (Å²) in [5.74, 6) is -3.01. The lowest BCUT2D eigenvalue weighted by Gasteiger charge is -2.39. The van der Waals surface area contributed by atoms with Gasteiger partial charge in [-0.25, -0.2) is 8.78 Å². The van der Waals surface area contributed by atoms with Gasteiger partial charge in [-0.3, -0.25) is 9.69 Å². The van der Waals surface area contributed by atoms with Crippen molar-refractivity contribution in [2.45, 2.75) is 57.4 Å². The van der Waals surface area contributed by atoms with Crippen molar-refractivity contribution in [3.05, 3.63) is 0 Å². The molecule has 0 amide bonds. The molecule has 3 nitrogen and oxygen atoms in total. The zero-order chi connectivity index (χ0) is 14.0. The van der Waals surface area contributed by atoms with Gasteiger partial charge in [-0.15, -0.1) is 0 Å². The fraction of sp³-hybridized carbons (Fsp3) is 0.929. The number of nitrogens with zero attached hydrogens (tertiary/aromatic N) is 1. The molecule has 1 aliphatic carbocycles. The number of carbonyl (C=O) groups is 1. The average molecular weight is 275 g/mol. The minimum atomic E-state index is -2.55. The van der Waals surface area contributed by atoms with Crippen LogP contribution in [0, 0.1) is 11.8 Å². The van der Waals surface area contributed by atoms with Gasteiger partial charge in [0.25, 0.3) is 0 Å². The number of hydrogen-bond acceptors (Lipinski definition) is 2. The zero-order valence-corrected chi connectivity index (χ0v) is 11.4. The Hall–Kier alpha value is -0.710. The Morgan fingerprint density at radius 3 is 2.79 bits per heavy atom. The third kappa shape index (κ3) is 3.88. The number of piperidine rings is 1. The maximum Gasteiger partial charge on any atom is 0.320 e. The predicted octanol–water partition coefficient (Wildman–Crippen LogP) is 3.00. The molecule has 19 heavy (non-hydrogen) atoms. The maximum atomic E-state index is 13.4. The molecule has 2 rings (SSSR count). The molecule has 5 heteroatoms. The highest BCUT2D eigenvalue weighted by atomic mass is 19.3. The number of carboxylic acids is 1. The van der Waals surface area contributed by atoms with Gasteiger partial charge in [-0.05, 0) is 44.1 Å². The highest BCUT2D eigenvalue weighted by molar-refractivity contribution is 5.73. The van der Waals surface area contributed by atoms with Crippen LogP contribution in [0.3, 0.4) is 0 Å². The first kappa shape index (κ1) is 14.7. The van der Waals surface area contributed by atoms with E-state index in [0.29, 0.717) is 25.3 Å². The quantitative estimate of drug-likeness (QED) is 0.860. The number of likely N-dealkylation sites (tertiary alicyclic amines) is 1. The molecule has 0 radical (unpaired) electrons. The molecule has 1 N–H and O–H groups in total. The van der Waals surface area contributed by atoms with E-state index in [1.807, 2.05) is 4.90 Å². The van der Waals surface area contributed by atoms with Crippen molar-refractivity contribution in [3.8, 4) is 0 Å². The average Bonchev–Trinajstić information content (AvgIpc) is 2.30. The van der Waals surface area contributed by atoms with Crippen LogP contribution in [0.4, 0.5) is 8.78 Å². The van der Waals surface area contributed by atoms with Crippen LogP contribution in [0.5, 0.6) is 0 Å². The topological polar surface area (TPSA) is 40.5 Å². The molecule has 1 saturated heterocycles. The first-order valence-corrected chi connectivity index (χ1v) is 7.22. The second-order valence-electron chi connectivity index (χ2n) is 6.30. The first-order chi connectivity index (χ1) is 8.87. The standard InChI is InChI=1S/C14H23F2NO2/c1-10-4-6-17(12(7-10)13(18)19)9-11-3-2-5-14(15,16)8-11/h10-12H,2-9H2,1H3,(H,18,19). The summed E-state index contributed by atoms with van der Waals surface area (Å²) in [5, 5.41) is 9.27. The Bertz CT molecular complexity index is 335. The van der Waals surface area contributed by atoms with Crippen LogP contribution >= 0.6 is 0 Å². The van der Waals surface area contributed by atoms with Crippen LogP contribution in [-0.2, 0) is 4.79 Å². The van der Waals surface area contributed by atoms with Crippen LogP contribution in [0.1, 0.15) is 45.4 Å². The van der Waals surface area contributed by atoms with E-state index in [1.54, 1.807) is 0 Å². The van der Waals surface area contributed by atoms with E-state index in [4.69, 9.17) is 0 Å². The van der Waals surface area contributed by atoms with Crippen molar-refractivity contribution >= 4 is 5.97 Å². The third-order valence-electron chi connectivity index (χ3n) is 4.50. The highest BCUT2D eigenvalue weighted by Gasteiger charge is 2.39. The van der Waals surface area contributed by atoms with E-state index < -0.39 is 17.9 Å². The van der Waals surface area contributed by atoms with Crippen LogP contribution in [0.25, 0.3) is 0 Å². The van der Waals surface area contributed by atoms with E-state index in [1.165, 1.54) is 0 Å². The Morgan fingerprint density at radius 2 is 2.16 bits per heavy atom. The molecular formula is C14H23F2NO2. The summed E-state index contributed by atoms with van der Waals surface area (Å²) in [6.07, 6.45) is 2.87. The number of carboxylic acid groups (broad SMARTS) is 1. The second-order valence-corrected chi connectivity index (χ2v) is 6.30. The fourth-order valence-electron chi connectivity index (χ4n) is 3.43.